The van der Waals surface area contributed by atoms with E-state index in [0.717, 1.165) is 12.8 Å². The highest BCUT2D eigenvalue weighted by Gasteiger charge is 2.64. The quantitative estimate of drug-likeness (QED) is 0.241. The molecule has 7 rings (SSSR count). The standard InChI is InChI=1S/C41H52F2N4O9S/c1-5-24(2)55-32(48)19-25-11-9-7-6-8-10-12-26-21-41(26,38(51)46-57(52,53)39(3)17-18-39)45-36(49)31-22-40(23-47(31)37(25)50)16-15-28-29-20-27(54-4)13-14-30(29)44-33(35(42)43)34(28)56-40/h10,12-14,20,24-26,31,35H,5-9,11,15-19,21-23H2,1-4H3,(H,45,49)(H,46,51)/b12-10-/t24-,25+,26+,31-,40+,41+/m0/s1. The number of nitrogens with zero attached hydrogens (tertiary/aromatic N) is 2. The zero-order valence-electron chi connectivity index (χ0n) is 32.9. The number of hydrogen-bond donors (Lipinski definition) is 2. The number of amides is 3. The third kappa shape index (κ3) is 7.94. The molecule has 0 bridgehead atoms. The van der Waals surface area contributed by atoms with Crippen LogP contribution in [-0.4, -0.2) is 83.7 Å². The van der Waals surface area contributed by atoms with Gasteiger partial charge in [0.1, 0.15) is 28.6 Å². The van der Waals surface area contributed by atoms with E-state index >= 15 is 0 Å². The van der Waals surface area contributed by atoms with E-state index in [4.69, 9.17) is 14.2 Å². The fraction of sp³-hybridized carbons (Fsp3) is 0.634. The summed E-state index contributed by atoms with van der Waals surface area (Å²) in [5.41, 5.74) is -2.60. The predicted molar refractivity (Wildman–Crippen MR) is 205 cm³/mol. The molecule has 0 radical (unpaired) electrons. The van der Waals surface area contributed by atoms with Crippen LogP contribution >= 0.6 is 0 Å². The third-order valence-corrected chi connectivity index (χ3v) is 14.8. The Hall–Kier alpha value is -4.34. The van der Waals surface area contributed by atoms with E-state index in [-0.39, 0.29) is 50.5 Å². The van der Waals surface area contributed by atoms with E-state index in [2.05, 4.69) is 15.0 Å². The third-order valence-electron chi connectivity index (χ3n) is 12.7. The summed E-state index contributed by atoms with van der Waals surface area (Å²) in [6, 6.07) is 3.71. The first-order chi connectivity index (χ1) is 27.0. The van der Waals surface area contributed by atoms with Crippen LogP contribution in [-0.2, 0) is 40.4 Å². The Labute approximate surface area is 331 Å². The molecule has 13 nitrogen and oxygen atoms in total. The molecule has 1 aromatic heterocycles. The van der Waals surface area contributed by atoms with Crippen molar-refractivity contribution in [3.8, 4) is 11.5 Å². The summed E-state index contributed by atoms with van der Waals surface area (Å²) in [5, 5.41) is 3.45. The Morgan fingerprint density at radius 1 is 1.14 bits per heavy atom. The number of sulfonamides is 1. The minimum atomic E-state index is -4.05. The minimum Gasteiger partial charge on any atom is -0.497 e. The molecule has 4 heterocycles. The zero-order chi connectivity index (χ0) is 40.9. The number of hydrogen-bond acceptors (Lipinski definition) is 10. The van der Waals surface area contributed by atoms with E-state index in [1.54, 1.807) is 32.0 Å². The van der Waals surface area contributed by atoms with Crippen LogP contribution in [0.2, 0.25) is 0 Å². The summed E-state index contributed by atoms with van der Waals surface area (Å²) in [6.07, 6.45) is 5.26. The second-order valence-corrected chi connectivity index (χ2v) is 19.0. The van der Waals surface area contributed by atoms with E-state index in [9.17, 15) is 36.4 Å². The van der Waals surface area contributed by atoms with Gasteiger partial charge >= 0.3 is 5.97 Å². The maximum absolute atomic E-state index is 14.8. The van der Waals surface area contributed by atoms with Crippen molar-refractivity contribution in [1.29, 1.82) is 0 Å². The van der Waals surface area contributed by atoms with Crippen LogP contribution in [0.3, 0.4) is 0 Å². The highest BCUT2D eigenvalue weighted by molar-refractivity contribution is 7.91. The van der Waals surface area contributed by atoms with Gasteiger partial charge in [-0.2, -0.15) is 0 Å². The largest absolute Gasteiger partial charge is 0.497 e. The number of aromatic nitrogens is 1. The molecule has 3 amide bonds. The van der Waals surface area contributed by atoms with E-state index in [0.29, 0.717) is 60.7 Å². The van der Waals surface area contributed by atoms with Crippen molar-refractivity contribution in [3.63, 3.8) is 0 Å². The topological polar surface area (TPSA) is 170 Å². The van der Waals surface area contributed by atoms with Gasteiger partial charge in [-0.05, 0) is 89.8 Å². The lowest BCUT2D eigenvalue weighted by molar-refractivity contribution is -0.153. The average molecular weight is 815 g/mol. The number of ether oxygens (including phenoxy) is 3. The number of alkyl halides is 2. The van der Waals surface area contributed by atoms with Crippen molar-refractivity contribution in [2.45, 2.75) is 139 Å². The van der Waals surface area contributed by atoms with Crippen LogP contribution in [0.5, 0.6) is 11.5 Å². The molecule has 2 saturated carbocycles. The summed E-state index contributed by atoms with van der Waals surface area (Å²) in [6.45, 7) is 5.05. The molecule has 1 saturated heterocycles. The summed E-state index contributed by atoms with van der Waals surface area (Å²) < 4.78 is 74.6. The number of rotatable bonds is 9. The fourth-order valence-corrected chi connectivity index (χ4v) is 9.81. The van der Waals surface area contributed by atoms with E-state index in [1.807, 2.05) is 19.1 Å². The van der Waals surface area contributed by atoms with Gasteiger partial charge in [0.2, 0.25) is 21.8 Å². The molecule has 6 atom stereocenters. The molecule has 1 aromatic carbocycles. The molecule has 57 heavy (non-hydrogen) atoms. The molecule has 3 aliphatic heterocycles. The fourth-order valence-electron chi connectivity index (χ4n) is 8.50. The van der Waals surface area contributed by atoms with Crippen molar-refractivity contribution >= 4 is 44.6 Å². The number of methoxy groups -OCH3 is 1. The van der Waals surface area contributed by atoms with Gasteiger partial charge in [0.25, 0.3) is 12.3 Å². The maximum atomic E-state index is 14.8. The van der Waals surface area contributed by atoms with Gasteiger partial charge in [0.15, 0.2) is 5.75 Å². The summed E-state index contributed by atoms with van der Waals surface area (Å²) in [7, 11) is -2.55. The molecule has 0 unspecified atom stereocenters. The number of esters is 1. The number of fused-ring (bicyclic) bond motifs is 5. The number of nitrogens with one attached hydrogen (secondary N) is 2. The van der Waals surface area contributed by atoms with Gasteiger partial charge in [-0.15, -0.1) is 0 Å². The zero-order valence-corrected chi connectivity index (χ0v) is 33.7. The lowest BCUT2D eigenvalue weighted by atomic mass is 9.87. The average Bonchev–Trinajstić information content (AvgIpc) is 4.07. The molecule has 3 fully saturated rings. The van der Waals surface area contributed by atoms with Crippen LogP contribution in [0, 0.1) is 11.8 Å². The van der Waals surface area contributed by atoms with Crippen LogP contribution in [0.15, 0.2) is 30.4 Å². The summed E-state index contributed by atoms with van der Waals surface area (Å²) in [4.78, 5) is 62.2. The molecule has 16 heteroatoms. The van der Waals surface area contributed by atoms with Gasteiger partial charge in [-0.25, -0.2) is 22.2 Å². The second kappa shape index (κ2) is 15.4. The Morgan fingerprint density at radius 2 is 1.91 bits per heavy atom. The highest BCUT2D eigenvalue weighted by Crippen LogP contribution is 2.50. The Morgan fingerprint density at radius 3 is 2.61 bits per heavy atom. The lowest BCUT2D eigenvalue weighted by Crippen LogP contribution is -2.57. The predicted octanol–water partition coefficient (Wildman–Crippen LogP) is 5.59. The van der Waals surface area contributed by atoms with Gasteiger partial charge in [-0.1, -0.05) is 31.9 Å². The number of carbonyl (C=O) groups is 4. The van der Waals surface area contributed by atoms with Crippen LogP contribution in [0.25, 0.3) is 10.9 Å². The Balaban J connectivity index is 1.26. The molecule has 5 aliphatic rings. The number of aryl methyl sites for hydroxylation is 1. The molecular weight excluding hydrogens is 763 g/mol. The van der Waals surface area contributed by atoms with Crippen LogP contribution < -0.4 is 19.5 Å². The molecule has 2 N–H and O–H groups in total. The molecule has 310 valence electrons. The number of pyridine rings is 1. The molecule has 2 aliphatic carbocycles. The smallest absolute Gasteiger partial charge is 0.306 e. The van der Waals surface area contributed by atoms with Crippen molar-refractivity contribution in [1.82, 2.24) is 19.9 Å². The van der Waals surface area contributed by atoms with Crippen molar-refractivity contribution in [2.75, 3.05) is 13.7 Å². The Bertz CT molecular complexity index is 2090. The van der Waals surface area contributed by atoms with Gasteiger partial charge in [0, 0.05) is 29.2 Å². The summed E-state index contributed by atoms with van der Waals surface area (Å²) in [5.74, 6) is -3.54. The first-order valence-corrected chi connectivity index (χ1v) is 21.6. The normalized spacial score (nSPS) is 29.5. The maximum Gasteiger partial charge on any atom is 0.306 e. The van der Waals surface area contributed by atoms with Crippen molar-refractivity contribution in [2.24, 2.45) is 11.8 Å². The highest BCUT2D eigenvalue weighted by atomic mass is 32.2. The Kier molecular flexibility index (Phi) is 11.1. The lowest BCUT2D eigenvalue weighted by Gasteiger charge is -2.37. The first kappa shape index (κ1) is 40.8. The van der Waals surface area contributed by atoms with Crippen molar-refractivity contribution < 1.29 is 50.6 Å². The number of allylic oxidation sites excluding steroid dienone is 1. The SMILES string of the molecule is CC[C@H](C)OC(=O)C[C@H]1CCCCC/C=C\[C@@H]2C[C@@]2(C(=O)NS(=O)(=O)C2(C)CC2)NC(=O)[C@@H]2C[C@]3(CCc4c(c(C(F)F)nc5ccc(OC)cc45)O3)CN2C1=O. The van der Waals surface area contributed by atoms with E-state index in [1.165, 1.54) is 12.0 Å². The number of halogens is 2. The monoisotopic (exact) mass is 814 g/mol. The van der Waals surface area contributed by atoms with Crippen molar-refractivity contribution in [3.05, 3.63) is 41.6 Å². The van der Waals surface area contributed by atoms with Crippen LogP contribution in [0.4, 0.5) is 8.78 Å². The van der Waals surface area contributed by atoms with Crippen LogP contribution in [0.1, 0.15) is 116 Å². The molecule has 2 aromatic rings. The number of benzene rings is 1. The summed E-state index contributed by atoms with van der Waals surface area (Å²) >= 11 is 0. The van der Waals surface area contributed by atoms with Gasteiger partial charge in [0.05, 0.1) is 36.4 Å². The second-order valence-electron chi connectivity index (χ2n) is 16.8. The minimum absolute atomic E-state index is 0.108. The first-order valence-electron chi connectivity index (χ1n) is 20.1. The molecular formula is C41H52F2N4O9S. The number of carbonyl (C=O) groups excluding carboxylic acids is 4. The van der Waals surface area contributed by atoms with E-state index < -0.39 is 79.6 Å². The molecule has 1 spiro atoms. The van der Waals surface area contributed by atoms with Gasteiger partial charge < -0.3 is 24.4 Å². The van der Waals surface area contributed by atoms with Gasteiger partial charge in [-0.3, -0.25) is 23.9 Å².